The average molecular weight is 341 g/mol. The van der Waals surface area contributed by atoms with Crippen LogP contribution in [0.5, 0.6) is 0 Å². The first kappa shape index (κ1) is 14.8. The van der Waals surface area contributed by atoms with Gasteiger partial charge < -0.3 is 11.1 Å². The van der Waals surface area contributed by atoms with Crippen LogP contribution in [0.1, 0.15) is 31.1 Å². The predicted octanol–water partition coefficient (Wildman–Crippen LogP) is 3.87. The molecule has 1 aromatic heterocycles. The van der Waals surface area contributed by atoms with Crippen molar-refractivity contribution in [2.24, 2.45) is 0 Å². The molecule has 0 fully saturated rings. The number of rotatable bonds is 4. The molecule has 4 nitrogen and oxygen atoms in total. The molecular formula is C14H18BrFN4. The number of benzene rings is 1. The van der Waals surface area contributed by atoms with Crippen molar-refractivity contribution in [2.45, 2.75) is 33.4 Å². The third-order valence-corrected chi connectivity index (χ3v) is 3.57. The minimum absolute atomic E-state index is 0.181. The molecule has 108 valence electrons. The van der Waals surface area contributed by atoms with E-state index in [1.54, 1.807) is 12.1 Å². The Morgan fingerprint density at radius 3 is 2.80 bits per heavy atom. The molecule has 0 aliphatic rings. The molecular weight excluding hydrogens is 323 g/mol. The summed E-state index contributed by atoms with van der Waals surface area (Å²) in [7, 11) is 0. The van der Waals surface area contributed by atoms with Gasteiger partial charge in [-0.2, -0.15) is 5.10 Å². The molecule has 0 spiro atoms. The monoisotopic (exact) mass is 340 g/mol. The molecule has 0 aliphatic carbocycles. The van der Waals surface area contributed by atoms with Crippen molar-refractivity contribution in [1.82, 2.24) is 9.78 Å². The van der Waals surface area contributed by atoms with Crippen LogP contribution >= 0.6 is 15.9 Å². The number of nitrogens with two attached hydrogens (primary N) is 1. The molecule has 0 radical (unpaired) electrons. The summed E-state index contributed by atoms with van der Waals surface area (Å²) < 4.78 is 16.4. The highest BCUT2D eigenvalue weighted by Gasteiger charge is 2.15. The zero-order valence-electron chi connectivity index (χ0n) is 11.7. The summed E-state index contributed by atoms with van der Waals surface area (Å²) in [5, 5.41) is 7.57. The van der Waals surface area contributed by atoms with Crippen molar-refractivity contribution in [3.63, 3.8) is 0 Å². The molecule has 1 heterocycles. The fraction of sp³-hybridized carbons (Fsp3) is 0.357. The van der Waals surface area contributed by atoms with E-state index in [1.165, 1.54) is 6.07 Å². The van der Waals surface area contributed by atoms with E-state index in [4.69, 9.17) is 5.73 Å². The van der Waals surface area contributed by atoms with Gasteiger partial charge in [0.2, 0.25) is 0 Å². The van der Waals surface area contributed by atoms with Gasteiger partial charge in [-0.25, -0.2) is 9.07 Å². The lowest BCUT2D eigenvalue weighted by atomic mass is 10.2. The van der Waals surface area contributed by atoms with Gasteiger partial charge in [-0.15, -0.1) is 0 Å². The van der Waals surface area contributed by atoms with Gasteiger partial charge in [0, 0.05) is 22.6 Å². The molecule has 6 heteroatoms. The molecule has 1 aromatic carbocycles. The maximum absolute atomic E-state index is 13.7. The highest BCUT2D eigenvalue weighted by molar-refractivity contribution is 9.10. The molecule has 0 saturated heterocycles. The third kappa shape index (κ3) is 2.95. The SMILES string of the molecule is Cc1nn(C(C)C)c(NCc2cc(Br)ccc2F)c1N. The zero-order valence-corrected chi connectivity index (χ0v) is 13.3. The number of halogens is 2. The molecule has 2 rings (SSSR count). The van der Waals surface area contributed by atoms with Gasteiger partial charge in [0.05, 0.1) is 11.4 Å². The number of nitrogens with zero attached hydrogens (tertiary/aromatic N) is 2. The number of aryl methyl sites for hydroxylation is 1. The Bertz CT molecular complexity index is 622. The minimum Gasteiger partial charge on any atom is -0.394 e. The van der Waals surface area contributed by atoms with Crippen LogP contribution in [-0.4, -0.2) is 9.78 Å². The van der Waals surface area contributed by atoms with Gasteiger partial charge in [0.15, 0.2) is 0 Å². The van der Waals surface area contributed by atoms with Crippen LogP contribution in [0.2, 0.25) is 0 Å². The van der Waals surface area contributed by atoms with Crippen molar-refractivity contribution in [3.05, 3.63) is 39.7 Å². The largest absolute Gasteiger partial charge is 0.394 e. The maximum Gasteiger partial charge on any atom is 0.148 e. The molecule has 0 aliphatic heterocycles. The van der Waals surface area contributed by atoms with Crippen LogP contribution in [0.3, 0.4) is 0 Å². The lowest BCUT2D eigenvalue weighted by Crippen LogP contribution is -2.11. The van der Waals surface area contributed by atoms with Crippen molar-refractivity contribution < 1.29 is 4.39 Å². The van der Waals surface area contributed by atoms with Gasteiger partial charge in [-0.05, 0) is 39.0 Å². The first-order chi connectivity index (χ1) is 9.40. The van der Waals surface area contributed by atoms with Crippen LogP contribution in [0.25, 0.3) is 0 Å². The molecule has 2 aromatic rings. The van der Waals surface area contributed by atoms with E-state index < -0.39 is 0 Å². The molecule has 0 atom stereocenters. The van der Waals surface area contributed by atoms with Crippen molar-refractivity contribution >= 4 is 27.4 Å². The molecule has 0 unspecified atom stereocenters. The Hall–Kier alpha value is -1.56. The summed E-state index contributed by atoms with van der Waals surface area (Å²) in [6, 6.07) is 5.05. The standard InChI is InChI=1S/C14H18BrFN4/c1-8(2)20-14(13(17)9(3)19-20)18-7-10-6-11(15)4-5-12(10)16/h4-6,8,18H,7,17H2,1-3H3. The summed E-state index contributed by atoms with van der Waals surface area (Å²) in [6.07, 6.45) is 0. The number of anilines is 2. The highest BCUT2D eigenvalue weighted by atomic mass is 79.9. The second-order valence-corrected chi connectivity index (χ2v) is 5.89. The smallest absolute Gasteiger partial charge is 0.148 e. The molecule has 3 N–H and O–H groups in total. The topological polar surface area (TPSA) is 55.9 Å². The number of hydrogen-bond donors (Lipinski definition) is 2. The number of aromatic nitrogens is 2. The van der Waals surface area contributed by atoms with Crippen molar-refractivity contribution in [2.75, 3.05) is 11.1 Å². The van der Waals surface area contributed by atoms with Crippen molar-refractivity contribution in [3.8, 4) is 0 Å². The van der Waals surface area contributed by atoms with E-state index in [0.717, 1.165) is 16.0 Å². The van der Waals surface area contributed by atoms with Crippen molar-refractivity contribution in [1.29, 1.82) is 0 Å². The van der Waals surface area contributed by atoms with Gasteiger partial charge in [0.1, 0.15) is 11.6 Å². The van der Waals surface area contributed by atoms with E-state index in [9.17, 15) is 4.39 Å². The van der Waals surface area contributed by atoms with Crippen LogP contribution < -0.4 is 11.1 Å². The van der Waals surface area contributed by atoms with Gasteiger partial charge >= 0.3 is 0 Å². The van der Waals surface area contributed by atoms with E-state index in [1.807, 2.05) is 25.5 Å². The van der Waals surface area contributed by atoms with Crippen LogP contribution in [0.15, 0.2) is 22.7 Å². The lowest BCUT2D eigenvalue weighted by molar-refractivity contribution is 0.533. The molecule has 20 heavy (non-hydrogen) atoms. The zero-order chi connectivity index (χ0) is 14.9. The van der Waals surface area contributed by atoms with E-state index in [0.29, 0.717) is 17.8 Å². The summed E-state index contributed by atoms with van der Waals surface area (Å²) in [5.41, 5.74) is 7.98. The molecule has 0 saturated carbocycles. The second kappa shape index (κ2) is 5.83. The lowest BCUT2D eigenvalue weighted by Gasteiger charge is -2.14. The summed E-state index contributed by atoms with van der Waals surface area (Å²) in [5.74, 6) is 0.489. The van der Waals surface area contributed by atoms with Crippen LogP contribution in [0.4, 0.5) is 15.9 Å². The normalized spacial score (nSPS) is 11.1. The van der Waals surface area contributed by atoms with Crippen LogP contribution in [0, 0.1) is 12.7 Å². The fourth-order valence-corrected chi connectivity index (χ4v) is 2.38. The molecule has 0 amide bonds. The summed E-state index contributed by atoms with van der Waals surface area (Å²) in [6.45, 7) is 6.26. The average Bonchev–Trinajstić information content (AvgIpc) is 2.67. The first-order valence-electron chi connectivity index (χ1n) is 6.42. The Balaban J connectivity index is 2.25. The Labute approximate surface area is 126 Å². The molecule has 0 bridgehead atoms. The number of nitrogens with one attached hydrogen (secondary N) is 1. The first-order valence-corrected chi connectivity index (χ1v) is 7.21. The highest BCUT2D eigenvalue weighted by Crippen LogP contribution is 2.26. The van der Waals surface area contributed by atoms with Gasteiger partial charge in [-0.1, -0.05) is 15.9 Å². The van der Waals surface area contributed by atoms with Gasteiger partial charge in [-0.3, -0.25) is 0 Å². The van der Waals surface area contributed by atoms with E-state index >= 15 is 0 Å². The Kier molecular flexibility index (Phi) is 4.32. The minimum atomic E-state index is -0.244. The summed E-state index contributed by atoms with van der Waals surface area (Å²) >= 11 is 3.34. The second-order valence-electron chi connectivity index (χ2n) is 4.98. The van der Waals surface area contributed by atoms with Crippen LogP contribution in [-0.2, 0) is 6.54 Å². The maximum atomic E-state index is 13.7. The van der Waals surface area contributed by atoms with Gasteiger partial charge in [0.25, 0.3) is 0 Å². The number of nitrogen functional groups attached to an aromatic ring is 1. The quantitative estimate of drug-likeness (QED) is 0.888. The van der Waals surface area contributed by atoms with E-state index in [-0.39, 0.29) is 11.9 Å². The fourth-order valence-electron chi connectivity index (χ4n) is 1.97. The Morgan fingerprint density at radius 2 is 2.15 bits per heavy atom. The number of hydrogen-bond acceptors (Lipinski definition) is 3. The third-order valence-electron chi connectivity index (χ3n) is 3.07. The summed E-state index contributed by atoms with van der Waals surface area (Å²) in [4.78, 5) is 0. The predicted molar refractivity (Wildman–Crippen MR) is 83.2 cm³/mol. The Morgan fingerprint density at radius 1 is 1.45 bits per heavy atom. The van der Waals surface area contributed by atoms with E-state index in [2.05, 4.69) is 26.3 Å².